The van der Waals surface area contributed by atoms with E-state index in [1.807, 2.05) is 0 Å². The summed E-state index contributed by atoms with van der Waals surface area (Å²) >= 11 is 0. The highest BCUT2D eigenvalue weighted by Crippen LogP contribution is 2.34. The van der Waals surface area contributed by atoms with Crippen molar-refractivity contribution in [3.05, 3.63) is 47.5 Å². The Kier molecular flexibility index (Phi) is 11.2. The van der Waals surface area contributed by atoms with Crippen LogP contribution in [0.5, 0.6) is 23.0 Å². The average Bonchev–Trinajstić information content (AvgIpc) is 3.03. The van der Waals surface area contributed by atoms with Crippen molar-refractivity contribution < 1.29 is 78.8 Å². The third kappa shape index (κ3) is 7.00. The zero-order chi connectivity index (χ0) is 32.1. The number of aromatic hydroxyl groups is 1. The molecule has 4 rings (SSSR count). The molecule has 8 N–H and O–H groups in total. The molecule has 2 heterocycles. The molecule has 0 bridgehead atoms. The van der Waals surface area contributed by atoms with Crippen LogP contribution in [0.2, 0.25) is 0 Å². The minimum absolute atomic E-state index is 0.000721. The van der Waals surface area contributed by atoms with Gasteiger partial charge in [0.1, 0.15) is 84.0 Å². The molecule has 244 valence electrons. The fourth-order valence-corrected chi connectivity index (χ4v) is 4.74. The zero-order valence-corrected chi connectivity index (χ0v) is 23.7. The monoisotopic (exact) mass is 628 g/mol. The van der Waals surface area contributed by atoms with Gasteiger partial charge in [-0.3, -0.25) is 0 Å². The molecule has 44 heavy (non-hydrogen) atoms. The van der Waals surface area contributed by atoms with E-state index in [1.165, 1.54) is 44.6 Å². The van der Waals surface area contributed by atoms with Crippen molar-refractivity contribution in [3.63, 3.8) is 0 Å². The molecule has 0 saturated carbocycles. The molecule has 0 aromatic heterocycles. The van der Waals surface area contributed by atoms with Gasteiger partial charge in [-0.05, 0) is 24.3 Å². The van der Waals surface area contributed by atoms with Crippen LogP contribution in [0.15, 0.2) is 36.4 Å². The summed E-state index contributed by atoms with van der Waals surface area (Å²) < 4.78 is 37.9. The second kappa shape index (κ2) is 14.7. The van der Waals surface area contributed by atoms with E-state index >= 15 is 0 Å². The Labute approximate surface area is 251 Å². The number of hydrogen-bond donors (Lipinski definition) is 8. The van der Waals surface area contributed by atoms with Crippen LogP contribution in [-0.2, 0) is 25.6 Å². The second-order valence-corrected chi connectivity index (χ2v) is 10.0. The van der Waals surface area contributed by atoms with Crippen LogP contribution >= 0.6 is 0 Å². The van der Waals surface area contributed by atoms with Crippen LogP contribution in [0.3, 0.4) is 0 Å². The Bertz CT molecular complexity index is 1230. The van der Waals surface area contributed by atoms with Gasteiger partial charge in [0.05, 0.1) is 33.0 Å². The minimum atomic E-state index is -1.81. The summed E-state index contributed by atoms with van der Waals surface area (Å²) in [6.45, 7) is -1.78. The number of phenolic OH excluding ortho intramolecular Hbond substituents is 1. The number of carbonyl (C=O) groups is 1. The molecule has 0 spiro atoms. The third-order valence-electron chi connectivity index (χ3n) is 7.27. The topological polar surface area (TPSA) is 244 Å². The quantitative estimate of drug-likeness (QED) is 0.123. The number of methoxy groups -OCH3 is 2. The van der Waals surface area contributed by atoms with Crippen LogP contribution in [0.1, 0.15) is 15.9 Å². The smallest absolute Gasteiger partial charge is 0.346 e. The Morgan fingerprint density at radius 3 is 1.91 bits per heavy atom. The Morgan fingerprint density at radius 2 is 1.30 bits per heavy atom. The Morgan fingerprint density at radius 1 is 0.750 bits per heavy atom. The number of esters is 1. The van der Waals surface area contributed by atoms with E-state index in [9.17, 15) is 45.6 Å². The molecule has 16 nitrogen and oxygen atoms in total. The van der Waals surface area contributed by atoms with Crippen LogP contribution in [-0.4, -0.2) is 136 Å². The first-order valence-electron chi connectivity index (χ1n) is 13.5. The van der Waals surface area contributed by atoms with Gasteiger partial charge in [-0.25, -0.2) is 4.79 Å². The van der Waals surface area contributed by atoms with Crippen LogP contribution in [0.4, 0.5) is 0 Å². The molecule has 0 aliphatic carbocycles. The fourth-order valence-electron chi connectivity index (χ4n) is 4.74. The lowest BCUT2D eigenvalue weighted by molar-refractivity contribution is -0.323. The van der Waals surface area contributed by atoms with Gasteiger partial charge in [-0.2, -0.15) is 0 Å². The molecule has 16 heteroatoms. The first kappa shape index (κ1) is 33.6. The van der Waals surface area contributed by atoms with E-state index in [2.05, 4.69) is 0 Å². The molecular formula is C28H36O16. The maximum atomic E-state index is 13.0. The normalized spacial score (nSPS) is 32.1. The molecule has 10 unspecified atom stereocenters. The van der Waals surface area contributed by atoms with E-state index in [1.54, 1.807) is 6.07 Å². The standard InChI is InChI=1S/C28H36O16/c1-38-15-7-4-8-16(39-2)19(15)26(37)40-10-12-13(30)5-3-6-14(12)42-28-25(36)23(34)21(32)18(44-28)11-41-27-24(35)22(33)20(31)17(9-29)43-27/h3-8,17-18,20-25,27-36H,9-11H2,1-2H3. The number of phenols is 1. The van der Waals surface area contributed by atoms with Crippen molar-refractivity contribution in [2.75, 3.05) is 27.4 Å². The van der Waals surface area contributed by atoms with E-state index in [0.717, 1.165) is 0 Å². The maximum Gasteiger partial charge on any atom is 0.346 e. The molecular weight excluding hydrogens is 592 g/mol. The van der Waals surface area contributed by atoms with Crippen LogP contribution in [0.25, 0.3) is 0 Å². The Balaban J connectivity index is 1.47. The minimum Gasteiger partial charge on any atom is -0.507 e. The molecule has 2 saturated heterocycles. The van der Waals surface area contributed by atoms with Gasteiger partial charge in [-0.1, -0.05) is 12.1 Å². The largest absolute Gasteiger partial charge is 0.507 e. The van der Waals surface area contributed by atoms with Gasteiger partial charge >= 0.3 is 5.97 Å². The molecule has 2 aromatic rings. The van der Waals surface area contributed by atoms with Crippen molar-refractivity contribution in [2.45, 2.75) is 68.0 Å². The summed E-state index contributed by atoms with van der Waals surface area (Å²) in [6, 6.07) is 8.76. The fraction of sp³-hybridized carbons (Fsp3) is 0.536. The molecule has 0 amide bonds. The van der Waals surface area contributed by atoms with E-state index < -0.39 is 87.2 Å². The second-order valence-electron chi connectivity index (χ2n) is 10.0. The SMILES string of the molecule is COc1cccc(OC)c1C(=O)OCc1c(O)cccc1OC1OC(COC2OC(CO)C(O)C(O)C2O)C(O)C(O)C1O. The first-order valence-corrected chi connectivity index (χ1v) is 13.5. The summed E-state index contributed by atoms with van der Waals surface area (Å²) in [6.07, 6.45) is -16.2. The summed E-state index contributed by atoms with van der Waals surface area (Å²) in [4.78, 5) is 13.0. The van der Waals surface area contributed by atoms with Crippen molar-refractivity contribution >= 4 is 5.97 Å². The summed E-state index contributed by atoms with van der Waals surface area (Å²) in [5.74, 6) is -0.911. The van der Waals surface area contributed by atoms with E-state index in [0.29, 0.717) is 0 Å². The number of rotatable bonds is 11. The maximum absolute atomic E-state index is 13.0. The number of hydrogen-bond acceptors (Lipinski definition) is 16. The molecule has 2 fully saturated rings. The van der Waals surface area contributed by atoms with Crippen molar-refractivity contribution in [1.29, 1.82) is 0 Å². The average molecular weight is 629 g/mol. The predicted octanol–water partition coefficient (Wildman–Crippen LogP) is -2.23. The lowest BCUT2D eigenvalue weighted by Crippen LogP contribution is -2.62. The molecule has 2 aliphatic rings. The molecule has 0 radical (unpaired) electrons. The lowest BCUT2D eigenvalue weighted by Gasteiger charge is -2.42. The van der Waals surface area contributed by atoms with Gasteiger partial charge in [0.25, 0.3) is 0 Å². The summed E-state index contributed by atoms with van der Waals surface area (Å²) in [7, 11) is 2.73. The van der Waals surface area contributed by atoms with Gasteiger partial charge in [0.2, 0.25) is 6.29 Å². The highest BCUT2D eigenvalue weighted by molar-refractivity contribution is 5.95. The van der Waals surface area contributed by atoms with Crippen molar-refractivity contribution in [2.24, 2.45) is 0 Å². The van der Waals surface area contributed by atoms with E-state index in [4.69, 9.17) is 33.2 Å². The summed E-state index contributed by atoms with van der Waals surface area (Å²) in [5, 5.41) is 81.6. The zero-order valence-electron chi connectivity index (χ0n) is 23.7. The van der Waals surface area contributed by atoms with Gasteiger partial charge in [0, 0.05) is 0 Å². The number of benzene rings is 2. The van der Waals surface area contributed by atoms with Crippen LogP contribution in [0, 0.1) is 0 Å². The van der Waals surface area contributed by atoms with E-state index in [-0.39, 0.29) is 34.1 Å². The number of aliphatic hydroxyl groups is 7. The van der Waals surface area contributed by atoms with Crippen molar-refractivity contribution in [1.82, 2.24) is 0 Å². The Hall–Kier alpha value is -3.29. The number of carbonyl (C=O) groups excluding carboxylic acids is 1. The molecule has 2 aromatic carbocycles. The first-order chi connectivity index (χ1) is 21.0. The van der Waals surface area contributed by atoms with Gasteiger partial charge in [-0.15, -0.1) is 0 Å². The van der Waals surface area contributed by atoms with Crippen LogP contribution < -0.4 is 14.2 Å². The molecule has 2 aliphatic heterocycles. The highest BCUT2D eigenvalue weighted by Gasteiger charge is 2.48. The third-order valence-corrected chi connectivity index (χ3v) is 7.27. The lowest BCUT2D eigenvalue weighted by atomic mass is 9.98. The van der Waals surface area contributed by atoms with Crippen molar-refractivity contribution in [3.8, 4) is 23.0 Å². The van der Waals surface area contributed by atoms with Gasteiger partial charge < -0.3 is 74.0 Å². The number of aliphatic hydroxyl groups excluding tert-OH is 7. The van der Waals surface area contributed by atoms with Gasteiger partial charge in [0.15, 0.2) is 6.29 Å². The highest BCUT2D eigenvalue weighted by atomic mass is 16.7. The summed E-state index contributed by atoms with van der Waals surface area (Å²) in [5.41, 5.74) is -0.0268. The molecule has 10 atom stereocenters. The number of ether oxygens (including phenoxy) is 7. The predicted molar refractivity (Wildman–Crippen MR) is 144 cm³/mol.